The lowest BCUT2D eigenvalue weighted by Gasteiger charge is -2.32. The molecule has 0 atom stereocenters. The van der Waals surface area contributed by atoms with Gasteiger partial charge >= 0.3 is 11.9 Å². The van der Waals surface area contributed by atoms with Gasteiger partial charge in [-0.25, -0.2) is 9.59 Å². The fraction of sp³-hybridized carbons (Fsp3) is 0.667. The van der Waals surface area contributed by atoms with Gasteiger partial charge in [-0.2, -0.15) is 0 Å². The average molecular weight is 241 g/mol. The summed E-state index contributed by atoms with van der Waals surface area (Å²) in [5.41, 5.74) is 0.284. The highest BCUT2D eigenvalue weighted by Crippen LogP contribution is 2.20. The molecule has 17 heavy (non-hydrogen) atoms. The Morgan fingerprint density at radius 1 is 1.18 bits per heavy atom. The number of likely N-dealkylation sites (tertiary alicyclic amines) is 1. The molecule has 1 fully saturated rings. The highest BCUT2D eigenvalue weighted by atomic mass is 16.5. The summed E-state index contributed by atoms with van der Waals surface area (Å²) in [6.45, 7) is 3.71. The number of methoxy groups -OCH3 is 2. The van der Waals surface area contributed by atoms with E-state index in [1.807, 2.05) is 4.90 Å². The summed E-state index contributed by atoms with van der Waals surface area (Å²) in [6, 6.07) is 0. The second kappa shape index (κ2) is 6.27. The van der Waals surface area contributed by atoms with Gasteiger partial charge in [-0.15, -0.1) is 0 Å². The fourth-order valence-electron chi connectivity index (χ4n) is 1.80. The Morgan fingerprint density at radius 3 is 2.24 bits per heavy atom. The highest BCUT2D eigenvalue weighted by molar-refractivity contribution is 5.95. The molecule has 1 heterocycles. The van der Waals surface area contributed by atoms with Crippen LogP contribution in [0.15, 0.2) is 11.8 Å². The van der Waals surface area contributed by atoms with Crippen molar-refractivity contribution in [2.24, 2.45) is 5.92 Å². The first-order valence-electron chi connectivity index (χ1n) is 5.71. The molecule has 0 aromatic carbocycles. The van der Waals surface area contributed by atoms with Crippen molar-refractivity contribution in [3.05, 3.63) is 11.8 Å². The number of piperidine rings is 1. The van der Waals surface area contributed by atoms with Gasteiger partial charge in [0, 0.05) is 13.1 Å². The molecular weight excluding hydrogens is 222 g/mol. The van der Waals surface area contributed by atoms with E-state index in [1.54, 1.807) is 0 Å². The van der Waals surface area contributed by atoms with Gasteiger partial charge in [0.1, 0.15) is 5.70 Å². The van der Waals surface area contributed by atoms with E-state index in [0.29, 0.717) is 5.92 Å². The maximum absolute atomic E-state index is 11.6. The van der Waals surface area contributed by atoms with Crippen LogP contribution in [0, 0.1) is 5.92 Å². The van der Waals surface area contributed by atoms with Crippen LogP contribution in [0.4, 0.5) is 0 Å². The Morgan fingerprint density at radius 2 is 1.76 bits per heavy atom. The number of esters is 2. The van der Waals surface area contributed by atoms with Gasteiger partial charge < -0.3 is 14.4 Å². The topological polar surface area (TPSA) is 55.8 Å². The van der Waals surface area contributed by atoms with E-state index in [-0.39, 0.29) is 5.70 Å². The molecule has 96 valence electrons. The minimum absolute atomic E-state index is 0.284. The predicted octanol–water partition coefficient (Wildman–Crippen LogP) is 0.948. The summed E-state index contributed by atoms with van der Waals surface area (Å²) in [4.78, 5) is 24.7. The predicted molar refractivity (Wildman–Crippen MR) is 62.1 cm³/mol. The van der Waals surface area contributed by atoms with Gasteiger partial charge in [0.25, 0.3) is 0 Å². The van der Waals surface area contributed by atoms with Crippen LogP contribution in [-0.2, 0) is 19.1 Å². The van der Waals surface area contributed by atoms with Crippen LogP contribution < -0.4 is 0 Å². The van der Waals surface area contributed by atoms with Gasteiger partial charge in [-0.3, -0.25) is 0 Å². The summed E-state index contributed by atoms with van der Waals surface area (Å²) in [5.74, 6) is -0.378. The number of hydrogen-bond donors (Lipinski definition) is 0. The molecule has 1 saturated heterocycles. The summed E-state index contributed by atoms with van der Waals surface area (Å²) in [6.07, 6.45) is 3.22. The molecule has 0 aromatic heterocycles. The Kier molecular flexibility index (Phi) is 5.00. The van der Waals surface area contributed by atoms with Crippen molar-refractivity contribution >= 4 is 11.9 Å². The Labute approximate surface area is 101 Å². The van der Waals surface area contributed by atoms with Crippen LogP contribution in [0.2, 0.25) is 0 Å². The van der Waals surface area contributed by atoms with Crippen LogP contribution in [0.5, 0.6) is 0 Å². The van der Waals surface area contributed by atoms with Crippen molar-refractivity contribution in [3.63, 3.8) is 0 Å². The van der Waals surface area contributed by atoms with Crippen molar-refractivity contribution in [1.29, 1.82) is 0 Å². The molecule has 0 saturated carbocycles. The third-order valence-electron chi connectivity index (χ3n) is 2.97. The highest BCUT2D eigenvalue weighted by Gasteiger charge is 2.23. The number of carbonyl (C=O) groups excluding carboxylic acids is 2. The molecule has 0 unspecified atom stereocenters. The molecule has 5 heteroatoms. The van der Waals surface area contributed by atoms with Crippen molar-refractivity contribution in [2.75, 3.05) is 27.3 Å². The molecule has 0 radical (unpaired) electrons. The third kappa shape index (κ3) is 3.76. The number of carbonyl (C=O) groups is 2. The van der Waals surface area contributed by atoms with Crippen molar-refractivity contribution in [1.82, 2.24) is 4.90 Å². The van der Waals surface area contributed by atoms with Crippen LogP contribution >= 0.6 is 0 Å². The summed E-state index contributed by atoms with van der Waals surface area (Å²) >= 11 is 0. The minimum Gasteiger partial charge on any atom is -0.466 e. The molecule has 0 spiro atoms. The van der Waals surface area contributed by atoms with Crippen LogP contribution in [0.1, 0.15) is 19.8 Å². The molecule has 1 aliphatic rings. The summed E-state index contributed by atoms with van der Waals surface area (Å²) in [5, 5.41) is 0. The van der Waals surface area contributed by atoms with Crippen LogP contribution in [0.3, 0.4) is 0 Å². The second-order valence-electron chi connectivity index (χ2n) is 4.21. The zero-order chi connectivity index (χ0) is 12.8. The molecular formula is C12H19NO4. The van der Waals surface area contributed by atoms with E-state index in [2.05, 4.69) is 16.4 Å². The zero-order valence-electron chi connectivity index (χ0n) is 10.6. The average Bonchev–Trinajstić information content (AvgIpc) is 2.36. The van der Waals surface area contributed by atoms with Crippen molar-refractivity contribution in [2.45, 2.75) is 19.8 Å². The first-order valence-corrected chi connectivity index (χ1v) is 5.71. The standard InChI is InChI=1S/C12H19NO4/c1-9-4-6-13(7-5-9)10(12(15)17-3)8-11(14)16-2/h8-9H,4-7H2,1-3H3. The summed E-state index contributed by atoms with van der Waals surface area (Å²) in [7, 11) is 2.59. The van der Waals surface area contributed by atoms with E-state index >= 15 is 0 Å². The maximum Gasteiger partial charge on any atom is 0.354 e. The van der Waals surface area contributed by atoms with Crippen molar-refractivity contribution in [3.8, 4) is 0 Å². The van der Waals surface area contributed by atoms with Gasteiger partial charge in [-0.1, -0.05) is 6.92 Å². The van der Waals surface area contributed by atoms with Gasteiger partial charge in [-0.05, 0) is 18.8 Å². The fourth-order valence-corrected chi connectivity index (χ4v) is 1.80. The van der Waals surface area contributed by atoms with Crippen LogP contribution in [0.25, 0.3) is 0 Å². The SMILES string of the molecule is COC(=O)C=C(C(=O)OC)N1CCC(C)CC1. The normalized spacial score (nSPS) is 17.8. The van der Waals surface area contributed by atoms with Crippen molar-refractivity contribution < 1.29 is 19.1 Å². The Bertz CT molecular complexity index is 316. The van der Waals surface area contributed by atoms with Gasteiger partial charge in [0.05, 0.1) is 20.3 Å². The smallest absolute Gasteiger partial charge is 0.354 e. The lowest BCUT2D eigenvalue weighted by atomic mass is 9.99. The summed E-state index contributed by atoms with van der Waals surface area (Å²) < 4.78 is 9.22. The maximum atomic E-state index is 11.6. The monoisotopic (exact) mass is 241 g/mol. The quantitative estimate of drug-likeness (QED) is 0.544. The molecule has 0 amide bonds. The lowest BCUT2D eigenvalue weighted by Crippen LogP contribution is -2.36. The first-order chi connectivity index (χ1) is 8.08. The lowest BCUT2D eigenvalue weighted by molar-refractivity contribution is -0.140. The van der Waals surface area contributed by atoms with Gasteiger partial charge in [0.2, 0.25) is 0 Å². The molecule has 0 bridgehead atoms. The Hall–Kier alpha value is -1.52. The molecule has 0 aromatic rings. The van der Waals surface area contributed by atoms with Crippen LogP contribution in [-0.4, -0.2) is 44.1 Å². The Balaban J connectivity index is 2.80. The number of rotatable bonds is 3. The van der Waals surface area contributed by atoms with E-state index < -0.39 is 11.9 Å². The number of nitrogens with zero attached hydrogens (tertiary/aromatic N) is 1. The van der Waals surface area contributed by atoms with E-state index in [4.69, 9.17) is 0 Å². The number of ether oxygens (including phenoxy) is 2. The number of hydrogen-bond acceptors (Lipinski definition) is 5. The molecule has 5 nitrogen and oxygen atoms in total. The van der Waals surface area contributed by atoms with E-state index in [0.717, 1.165) is 25.9 Å². The van der Waals surface area contributed by atoms with E-state index in [1.165, 1.54) is 20.3 Å². The second-order valence-corrected chi connectivity index (χ2v) is 4.21. The molecule has 1 rings (SSSR count). The third-order valence-corrected chi connectivity index (χ3v) is 2.97. The minimum atomic E-state index is -0.538. The van der Waals surface area contributed by atoms with E-state index in [9.17, 15) is 9.59 Å². The molecule has 0 aliphatic carbocycles. The first kappa shape index (κ1) is 13.5. The zero-order valence-corrected chi connectivity index (χ0v) is 10.6. The molecule has 0 N–H and O–H groups in total. The largest absolute Gasteiger partial charge is 0.466 e. The molecule has 1 aliphatic heterocycles. The van der Waals surface area contributed by atoms with Gasteiger partial charge in [0.15, 0.2) is 0 Å².